The maximum Gasteiger partial charge on any atom is 0.425 e. The molecule has 9 nitrogen and oxygen atoms in total. The lowest BCUT2D eigenvalue weighted by atomic mass is 10.1. The number of carbonyl (C=O) groups is 2. The fraction of sp³-hybridized carbons (Fsp3) is 0.545. The van der Waals surface area contributed by atoms with Gasteiger partial charge in [0.25, 0.3) is 0 Å². The van der Waals surface area contributed by atoms with Gasteiger partial charge in [-0.05, 0) is 32.3 Å². The van der Waals surface area contributed by atoms with Crippen LogP contribution >= 0.6 is 0 Å². The van der Waals surface area contributed by atoms with Gasteiger partial charge in [-0.1, -0.05) is 50.3 Å². The molecule has 0 spiro atoms. The van der Waals surface area contributed by atoms with Crippen LogP contribution in [0.4, 0.5) is 4.79 Å². The number of ether oxygens (including phenoxy) is 3. The van der Waals surface area contributed by atoms with Crippen molar-refractivity contribution >= 4 is 22.3 Å². The first kappa shape index (κ1) is 27.6. The van der Waals surface area contributed by atoms with E-state index in [2.05, 4.69) is 11.3 Å². The molecule has 0 unspecified atom stereocenters. The van der Waals surface area contributed by atoms with Gasteiger partial charge in [0.15, 0.2) is 0 Å². The Labute approximate surface area is 190 Å². The molecule has 1 rings (SSSR count). The Morgan fingerprint density at radius 2 is 1.78 bits per heavy atom. The van der Waals surface area contributed by atoms with Crippen molar-refractivity contribution in [2.24, 2.45) is 5.92 Å². The molecule has 32 heavy (non-hydrogen) atoms. The van der Waals surface area contributed by atoms with E-state index in [4.69, 9.17) is 14.2 Å². The highest BCUT2D eigenvalue weighted by atomic mass is 32.2. The lowest BCUT2D eigenvalue weighted by Crippen LogP contribution is -2.56. The number of benzene rings is 1. The average molecular weight is 471 g/mol. The van der Waals surface area contributed by atoms with E-state index in [9.17, 15) is 18.0 Å². The Balaban J connectivity index is 3.19. The molecule has 0 aliphatic carbocycles. The van der Waals surface area contributed by atoms with Crippen LogP contribution in [0, 0.1) is 5.92 Å². The van der Waals surface area contributed by atoms with Crippen LogP contribution in [0.2, 0.25) is 0 Å². The topological polar surface area (TPSA) is 111 Å². The van der Waals surface area contributed by atoms with E-state index >= 15 is 0 Å². The fourth-order valence-corrected chi connectivity index (χ4v) is 4.16. The second-order valence-electron chi connectivity index (χ2n) is 8.45. The number of esters is 1. The van der Waals surface area contributed by atoms with Crippen molar-refractivity contribution < 1.29 is 32.2 Å². The Bertz CT molecular complexity index is 864. The zero-order valence-electron chi connectivity index (χ0n) is 19.5. The van der Waals surface area contributed by atoms with E-state index in [1.807, 2.05) is 30.3 Å². The number of methoxy groups -OCH3 is 1. The smallest absolute Gasteiger partial charge is 0.425 e. The van der Waals surface area contributed by atoms with E-state index in [-0.39, 0.29) is 13.2 Å². The van der Waals surface area contributed by atoms with Gasteiger partial charge in [-0.25, -0.2) is 4.79 Å². The second-order valence-corrected chi connectivity index (χ2v) is 10.0. The molecule has 0 saturated carbocycles. The first-order chi connectivity index (χ1) is 14.8. The van der Waals surface area contributed by atoms with Gasteiger partial charge in [0.2, 0.25) is 0 Å². The molecule has 1 N–H and O–H groups in total. The van der Waals surface area contributed by atoms with Crippen molar-refractivity contribution in [3.63, 3.8) is 0 Å². The maximum atomic E-state index is 13.2. The summed E-state index contributed by atoms with van der Waals surface area (Å²) >= 11 is 0. The van der Waals surface area contributed by atoms with Crippen LogP contribution in [-0.4, -0.2) is 56.2 Å². The predicted molar refractivity (Wildman–Crippen MR) is 121 cm³/mol. The molecule has 0 aliphatic rings. The van der Waals surface area contributed by atoms with Crippen LogP contribution in [0.15, 0.2) is 43.0 Å². The van der Waals surface area contributed by atoms with Gasteiger partial charge in [-0.15, -0.1) is 6.58 Å². The Morgan fingerprint density at radius 3 is 2.25 bits per heavy atom. The zero-order chi connectivity index (χ0) is 24.5. The van der Waals surface area contributed by atoms with Crippen molar-refractivity contribution in [3.8, 4) is 0 Å². The van der Waals surface area contributed by atoms with Gasteiger partial charge >= 0.3 is 22.3 Å². The molecule has 0 aromatic heterocycles. The molecule has 2 atom stereocenters. The molecule has 10 heteroatoms. The molecule has 180 valence electrons. The molecular formula is C22H34N2O7S. The summed E-state index contributed by atoms with van der Waals surface area (Å²) in [4.78, 5) is 25.0. The molecule has 0 radical (unpaired) electrons. The first-order valence-corrected chi connectivity index (χ1v) is 11.6. The number of amides is 1. The molecule has 1 amide bonds. The quantitative estimate of drug-likeness (QED) is 0.391. The summed E-state index contributed by atoms with van der Waals surface area (Å²) in [5.74, 6) is -1.21. The number of carbonyl (C=O) groups excluding carboxylic acids is 2. The summed E-state index contributed by atoms with van der Waals surface area (Å²) in [6.45, 7) is 11.8. The van der Waals surface area contributed by atoms with Gasteiger partial charge in [0.05, 0.1) is 26.4 Å². The lowest BCUT2D eigenvalue weighted by Gasteiger charge is -2.32. The summed E-state index contributed by atoms with van der Waals surface area (Å²) in [6.07, 6.45) is 0.155. The van der Waals surface area contributed by atoms with E-state index in [1.165, 1.54) is 6.08 Å². The van der Waals surface area contributed by atoms with E-state index in [0.717, 1.165) is 12.7 Å². The van der Waals surface area contributed by atoms with Crippen LogP contribution in [0.3, 0.4) is 0 Å². The first-order valence-electron chi connectivity index (χ1n) is 10.2. The molecule has 0 heterocycles. The van der Waals surface area contributed by atoms with Crippen LogP contribution in [0.1, 0.15) is 40.2 Å². The number of nitrogens with zero attached hydrogens (tertiary/aromatic N) is 1. The van der Waals surface area contributed by atoms with Crippen LogP contribution in [-0.2, 0) is 35.8 Å². The molecule has 0 bridgehead atoms. The van der Waals surface area contributed by atoms with Crippen LogP contribution in [0.5, 0.6) is 0 Å². The molecular weight excluding hydrogens is 436 g/mol. The molecule has 1 aromatic carbocycles. The highest BCUT2D eigenvalue weighted by Gasteiger charge is 2.40. The van der Waals surface area contributed by atoms with Gasteiger partial charge in [0.1, 0.15) is 11.6 Å². The van der Waals surface area contributed by atoms with Gasteiger partial charge < -0.3 is 14.2 Å². The maximum absolute atomic E-state index is 13.2. The van der Waals surface area contributed by atoms with Gasteiger partial charge in [-0.2, -0.15) is 17.4 Å². The van der Waals surface area contributed by atoms with Crippen molar-refractivity contribution in [1.82, 2.24) is 9.03 Å². The fourth-order valence-electron chi connectivity index (χ4n) is 2.62. The normalized spacial score (nSPS) is 13.8. The van der Waals surface area contributed by atoms with Gasteiger partial charge in [0, 0.05) is 0 Å². The van der Waals surface area contributed by atoms with Crippen molar-refractivity contribution in [1.29, 1.82) is 0 Å². The predicted octanol–water partition coefficient (Wildman–Crippen LogP) is 3.03. The van der Waals surface area contributed by atoms with E-state index in [1.54, 1.807) is 34.6 Å². The molecule has 1 aromatic rings. The Morgan fingerprint density at radius 1 is 1.19 bits per heavy atom. The summed E-state index contributed by atoms with van der Waals surface area (Å²) in [7, 11) is -3.39. The highest BCUT2D eigenvalue weighted by molar-refractivity contribution is 7.87. The minimum absolute atomic E-state index is 0.164. The number of rotatable bonds is 11. The molecule has 0 fully saturated rings. The standard InChI is InChI=1S/C22H34N2O7S/c1-8-18(15-30-14-17-12-10-9-11-13-17)24(21(26)31-22(4,5)6)32(27,28)23-19(16(2)3)20(25)29-7/h8-13,16,18-19,23H,1,14-15H2,2-7H3/t18-,19-/m0/s1. The van der Waals surface area contributed by atoms with Crippen molar-refractivity contribution in [2.45, 2.75) is 58.9 Å². The Hall–Kier alpha value is -2.43. The zero-order valence-corrected chi connectivity index (χ0v) is 20.3. The third kappa shape index (κ3) is 8.60. The van der Waals surface area contributed by atoms with Crippen LogP contribution in [0.25, 0.3) is 0 Å². The summed E-state index contributed by atoms with van der Waals surface area (Å²) < 4.78 is 44.9. The van der Waals surface area contributed by atoms with E-state index in [0.29, 0.717) is 4.31 Å². The Kier molecular flexibility index (Phi) is 10.3. The van der Waals surface area contributed by atoms with Gasteiger partial charge in [-0.3, -0.25) is 4.79 Å². The SMILES string of the molecule is C=C[C@@H](COCc1ccccc1)N(C(=O)OC(C)(C)C)S(=O)(=O)N[C@H](C(=O)OC)C(C)C. The summed E-state index contributed by atoms with van der Waals surface area (Å²) in [5.41, 5.74) is -0.0768. The van der Waals surface area contributed by atoms with Crippen LogP contribution < -0.4 is 4.72 Å². The second kappa shape index (κ2) is 12.0. The lowest BCUT2D eigenvalue weighted by molar-refractivity contribution is -0.143. The van der Waals surface area contributed by atoms with Crippen molar-refractivity contribution in [3.05, 3.63) is 48.6 Å². The largest absolute Gasteiger partial charge is 0.468 e. The number of nitrogens with one attached hydrogen (secondary N) is 1. The highest BCUT2D eigenvalue weighted by Crippen LogP contribution is 2.18. The number of hydrogen-bond acceptors (Lipinski definition) is 7. The third-order valence-corrected chi connectivity index (χ3v) is 5.69. The minimum Gasteiger partial charge on any atom is -0.468 e. The third-order valence-electron chi connectivity index (χ3n) is 4.20. The number of hydrogen-bond donors (Lipinski definition) is 1. The van der Waals surface area contributed by atoms with Crippen molar-refractivity contribution in [2.75, 3.05) is 13.7 Å². The monoisotopic (exact) mass is 470 g/mol. The van der Waals surface area contributed by atoms with E-state index < -0.39 is 45.9 Å². The summed E-state index contributed by atoms with van der Waals surface area (Å²) in [6, 6.07) is 6.99. The molecule has 0 saturated heterocycles. The summed E-state index contributed by atoms with van der Waals surface area (Å²) in [5, 5.41) is 0. The minimum atomic E-state index is -4.54. The average Bonchev–Trinajstić information content (AvgIpc) is 2.69. The molecule has 0 aliphatic heterocycles.